The van der Waals surface area contributed by atoms with Crippen LogP contribution in [0.2, 0.25) is 0 Å². The number of hydrogen-bond acceptors (Lipinski definition) is 3. The minimum Gasteiger partial charge on any atom is -0.314 e. The van der Waals surface area contributed by atoms with Gasteiger partial charge in [0.05, 0.1) is 0 Å². The lowest BCUT2D eigenvalue weighted by atomic mass is 10.1. The fourth-order valence-corrected chi connectivity index (χ4v) is 3.95. The Balaban J connectivity index is 1.67. The Morgan fingerprint density at radius 3 is 2.30 bits per heavy atom. The minimum absolute atomic E-state index is 0.651. The van der Waals surface area contributed by atoms with Gasteiger partial charge < -0.3 is 5.32 Å². The zero-order valence-corrected chi connectivity index (χ0v) is 13.9. The first kappa shape index (κ1) is 16.3. The van der Waals surface area contributed by atoms with Crippen LogP contribution in [0.3, 0.4) is 0 Å². The molecule has 2 unspecified atom stereocenters. The fourth-order valence-electron chi connectivity index (χ4n) is 3.95. The van der Waals surface area contributed by atoms with Gasteiger partial charge in [-0.3, -0.25) is 9.80 Å². The standard InChI is InChI=1S/C17H35N3/c1-4-9-18-15(2)14-16(3)19-10-12-20(13-11-19)17-7-5-6-8-17/h15-18H,4-14H2,1-3H3. The first-order valence-corrected chi connectivity index (χ1v) is 8.92. The van der Waals surface area contributed by atoms with Crippen LogP contribution in [0.15, 0.2) is 0 Å². The highest BCUT2D eigenvalue weighted by molar-refractivity contribution is 4.84. The molecule has 0 aromatic heterocycles. The molecule has 2 atom stereocenters. The number of nitrogens with one attached hydrogen (secondary N) is 1. The van der Waals surface area contributed by atoms with E-state index in [9.17, 15) is 0 Å². The lowest BCUT2D eigenvalue weighted by molar-refractivity contribution is 0.0701. The van der Waals surface area contributed by atoms with E-state index in [2.05, 4.69) is 35.9 Å². The van der Waals surface area contributed by atoms with Gasteiger partial charge in [-0.2, -0.15) is 0 Å². The molecule has 0 aromatic rings. The predicted molar refractivity (Wildman–Crippen MR) is 87.2 cm³/mol. The fraction of sp³-hybridized carbons (Fsp3) is 1.00. The van der Waals surface area contributed by atoms with Crippen LogP contribution in [-0.2, 0) is 0 Å². The van der Waals surface area contributed by atoms with E-state index in [0.717, 1.165) is 18.6 Å². The normalized spacial score (nSPS) is 25.9. The molecule has 1 N–H and O–H groups in total. The van der Waals surface area contributed by atoms with Crippen molar-refractivity contribution in [2.75, 3.05) is 32.7 Å². The van der Waals surface area contributed by atoms with Gasteiger partial charge in [0.15, 0.2) is 0 Å². The summed E-state index contributed by atoms with van der Waals surface area (Å²) in [6.45, 7) is 13.3. The largest absolute Gasteiger partial charge is 0.314 e. The molecule has 2 rings (SSSR count). The van der Waals surface area contributed by atoms with E-state index in [0.29, 0.717) is 6.04 Å². The molecule has 1 aliphatic heterocycles. The van der Waals surface area contributed by atoms with Crippen molar-refractivity contribution in [1.29, 1.82) is 0 Å². The highest BCUT2D eigenvalue weighted by Crippen LogP contribution is 2.24. The van der Waals surface area contributed by atoms with Gasteiger partial charge in [0.2, 0.25) is 0 Å². The summed E-state index contributed by atoms with van der Waals surface area (Å²) in [6, 6.07) is 2.29. The van der Waals surface area contributed by atoms with Gasteiger partial charge in [0.25, 0.3) is 0 Å². The molecular weight excluding hydrogens is 246 g/mol. The topological polar surface area (TPSA) is 18.5 Å². The van der Waals surface area contributed by atoms with Crippen LogP contribution in [0.4, 0.5) is 0 Å². The van der Waals surface area contributed by atoms with Gasteiger partial charge >= 0.3 is 0 Å². The molecule has 1 heterocycles. The van der Waals surface area contributed by atoms with Crippen molar-refractivity contribution in [2.45, 2.75) is 77.4 Å². The van der Waals surface area contributed by atoms with Crippen LogP contribution in [0.1, 0.15) is 59.3 Å². The summed E-state index contributed by atoms with van der Waals surface area (Å²) >= 11 is 0. The molecule has 2 fully saturated rings. The van der Waals surface area contributed by atoms with E-state index < -0.39 is 0 Å². The molecular formula is C17H35N3. The third-order valence-corrected chi connectivity index (χ3v) is 5.25. The maximum Gasteiger partial charge on any atom is 0.0113 e. The molecule has 0 radical (unpaired) electrons. The number of hydrogen-bond donors (Lipinski definition) is 1. The molecule has 0 spiro atoms. The van der Waals surface area contributed by atoms with Crippen LogP contribution < -0.4 is 5.32 Å². The van der Waals surface area contributed by atoms with Crippen molar-refractivity contribution in [3.05, 3.63) is 0 Å². The molecule has 3 heteroatoms. The van der Waals surface area contributed by atoms with Gasteiger partial charge in [-0.05, 0) is 46.1 Å². The van der Waals surface area contributed by atoms with Crippen LogP contribution in [0.5, 0.6) is 0 Å². The number of rotatable bonds is 7. The Labute approximate surface area is 126 Å². The van der Waals surface area contributed by atoms with Crippen molar-refractivity contribution >= 4 is 0 Å². The minimum atomic E-state index is 0.651. The molecule has 0 amide bonds. The summed E-state index contributed by atoms with van der Waals surface area (Å²) in [5.41, 5.74) is 0. The molecule has 1 aliphatic carbocycles. The van der Waals surface area contributed by atoms with Gasteiger partial charge in [0, 0.05) is 44.3 Å². The first-order valence-electron chi connectivity index (χ1n) is 8.92. The molecule has 3 nitrogen and oxygen atoms in total. The molecule has 118 valence electrons. The van der Waals surface area contributed by atoms with E-state index in [1.807, 2.05) is 0 Å². The van der Waals surface area contributed by atoms with Gasteiger partial charge in [-0.15, -0.1) is 0 Å². The average molecular weight is 281 g/mol. The quantitative estimate of drug-likeness (QED) is 0.774. The van der Waals surface area contributed by atoms with Crippen molar-refractivity contribution in [3.63, 3.8) is 0 Å². The van der Waals surface area contributed by atoms with E-state index in [4.69, 9.17) is 0 Å². The molecule has 0 aromatic carbocycles. The molecule has 2 aliphatic rings. The van der Waals surface area contributed by atoms with Crippen LogP contribution in [-0.4, -0.2) is 60.6 Å². The smallest absolute Gasteiger partial charge is 0.0113 e. The lowest BCUT2D eigenvalue weighted by Gasteiger charge is -2.41. The zero-order valence-electron chi connectivity index (χ0n) is 13.9. The predicted octanol–water partition coefficient (Wildman–Crippen LogP) is 2.71. The van der Waals surface area contributed by atoms with Crippen molar-refractivity contribution < 1.29 is 0 Å². The summed E-state index contributed by atoms with van der Waals surface area (Å²) < 4.78 is 0. The third-order valence-electron chi connectivity index (χ3n) is 5.25. The molecule has 20 heavy (non-hydrogen) atoms. The second kappa shape index (κ2) is 8.35. The number of nitrogens with zero attached hydrogens (tertiary/aromatic N) is 2. The second-order valence-electron chi connectivity index (χ2n) is 6.95. The van der Waals surface area contributed by atoms with E-state index in [-0.39, 0.29) is 0 Å². The monoisotopic (exact) mass is 281 g/mol. The Kier molecular flexibility index (Phi) is 6.79. The summed E-state index contributed by atoms with van der Waals surface area (Å²) in [5, 5.41) is 3.62. The van der Waals surface area contributed by atoms with Crippen molar-refractivity contribution in [3.8, 4) is 0 Å². The molecule has 0 bridgehead atoms. The number of piperazine rings is 1. The van der Waals surface area contributed by atoms with Gasteiger partial charge in [0.1, 0.15) is 0 Å². The molecule has 1 saturated heterocycles. The Morgan fingerprint density at radius 1 is 1.05 bits per heavy atom. The Bertz CT molecular complexity index is 255. The maximum atomic E-state index is 3.62. The summed E-state index contributed by atoms with van der Waals surface area (Å²) in [4.78, 5) is 5.46. The first-order chi connectivity index (χ1) is 9.70. The van der Waals surface area contributed by atoms with Gasteiger partial charge in [-0.1, -0.05) is 19.8 Å². The molecule has 1 saturated carbocycles. The van der Waals surface area contributed by atoms with E-state index in [1.54, 1.807) is 0 Å². The van der Waals surface area contributed by atoms with Crippen molar-refractivity contribution in [2.24, 2.45) is 0 Å². The van der Waals surface area contributed by atoms with Gasteiger partial charge in [-0.25, -0.2) is 0 Å². The summed E-state index contributed by atoms with van der Waals surface area (Å²) in [7, 11) is 0. The SMILES string of the molecule is CCCNC(C)CC(C)N1CCN(C2CCCC2)CC1. The van der Waals surface area contributed by atoms with Crippen LogP contribution >= 0.6 is 0 Å². The second-order valence-corrected chi connectivity index (χ2v) is 6.95. The van der Waals surface area contributed by atoms with Crippen molar-refractivity contribution in [1.82, 2.24) is 15.1 Å². The third kappa shape index (κ3) is 4.71. The lowest BCUT2D eigenvalue weighted by Crippen LogP contribution is -2.52. The highest BCUT2D eigenvalue weighted by atomic mass is 15.3. The van der Waals surface area contributed by atoms with E-state index in [1.165, 1.54) is 64.7 Å². The zero-order chi connectivity index (χ0) is 14.4. The van der Waals surface area contributed by atoms with Crippen LogP contribution in [0.25, 0.3) is 0 Å². The average Bonchev–Trinajstić information content (AvgIpc) is 2.99. The Hall–Kier alpha value is -0.120. The van der Waals surface area contributed by atoms with E-state index >= 15 is 0 Å². The maximum absolute atomic E-state index is 3.62. The Morgan fingerprint density at radius 2 is 1.70 bits per heavy atom. The highest BCUT2D eigenvalue weighted by Gasteiger charge is 2.27. The summed E-state index contributed by atoms with van der Waals surface area (Å²) in [5.74, 6) is 0. The van der Waals surface area contributed by atoms with Crippen LogP contribution in [0, 0.1) is 0 Å². The summed E-state index contributed by atoms with van der Waals surface area (Å²) in [6.07, 6.45) is 8.34.